The molecular weight excluding hydrogens is 375 g/mol. The second kappa shape index (κ2) is 8.84. The second-order valence-electron chi connectivity index (χ2n) is 7.28. The Morgan fingerprint density at radius 1 is 1.38 bits per heavy atom. The first-order valence-electron chi connectivity index (χ1n) is 9.83. The van der Waals surface area contributed by atoms with E-state index >= 15 is 0 Å². The fraction of sp³-hybridized carbons (Fsp3) is 0.476. The van der Waals surface area contributed by atoms with Gasteiger partial charge in [0.1, 0.15) is 23.7 Å². The van der Waals surface area contributed by atoms with Gasteiger partial charge in [-0.15, -0.1) is 0 Å². The molecule has 2 N–H and O–H groups in total. The summed E-state index contributed by atoms with van der Waals surface area (Å²) in [6.07, 6.45) is 3.23. The molecule has 1 aromatic carbocycles. The highest BCUT2D eigenvalue weighted by atomic mass is 19.1. The lowest BCUT2D eigenvalue weighted by atomic mass is 10.00. The van der Waals surface area contributed by atoms with Crippen LogP contribution in [-0.2, 0) is 22.5 Å². The number of fused-ring (bicyclic) bond motifs is 3. The molecule has 154 valence electrons. The average Bonchev–Trinajstić information content (AvgIpc) is 2.75. The summed E-state index contributed by atoms with van der Waals surface area (Å²) in [5, 5.41) is 4.85. The summed E-state index contributed by atoms with van der Waals surface area (Å²) in [7, 11) is 0. The minimum atomic E-state index is -1.11. The van der Waals surface area contributed by atoms with E-state index in [-0.39, 0.29) is 6.61 Å². The number of benzene rings is 1. The molecule has 0 aliphatic carbocycles. The van der Waals surface area contributed by atoms with Gasteiger partial charge in [0.25, 0.3) is 0 Å². The molecular formula is C21H25FN4O3. The van der Waals surface area contributed by atoms with Crippen molar-refractivity contribution in [1.82, 2.24) is 4.98 Å². The zero-order chi connectivity index (χ0) is 20.2. The summed E-state index contributed by atoms with van der Waals surface area (Å²) in [5.74, 6) is 6.22. The number of nitrogens with two attached hydrogens (primary N) is 1. The third-order valence-electron chi connectivity index (χ3n) is 5.32. The van der Waals surface area contributed by atoms with Crippen LogP contribution in [0, 0.1) is 0 Å². The second-order valence-corrected chi connectivity index (χ2v) is 7.28. The van der Waals surface area contributed by atoms with Gasteiger partial charge in [-0.05, 0) is 49.1 Å². The van der Waals surface area contributed by atoms with Crippen LogP contribution in [0.3, 0.4) is 0 Å². The molecule has 2 aliphatic heterocycles. The summed E-state index contributed by atoms with van der Waals surface area (Å²) >= 11 is 0. The van der Waals surface area contributed by atoms with Crippen molar-refractivity contribution in [2.75, 3.05) is 19.8 Å². The molecule has 29 heavy (non-hydrogen) atoms. The minimum Gasteiger partial charge on any atom is -0.484 e. The van der Waals surface area contributed by atoms with E-state index in [9.17, 15) is 4.39 Å². The predicted octanol–water partition coefficient (Wildman–Crippen LogP) is 2.59. The van der Waals surface area contributed by atoms with Crippen LogP contribution in [0.2, 0.25) is 0 Å². The topological polar surface area (TPSA) is 91.3 Å². The Bertz CT molecular complexity index is 934. The van der Waals surface area contributed by atoms with E-state index in [0.717, 1.165) is 22.9 Å². The third kappa shape index (κ3) is 4.38. The van der Waals surface area contributed by atoms with Gasteiger partial charge >= 0.3 is 0 Å². The highest BCUT2D eigenvalue weighted by Crippen LogP contribution is 2.28. The molecule has 0 unspecified atom stereocenters. The molecule has 7 nitrogen and oxygen atoms in total. The highest BCUT2D eigenvalue weighted by molar-refractivity contribution is 6.32. The normalized spacial score (nSPS) is 23.9. The number of pyridine rings is 1. The summed E-state index contributed by atoms with van der Waals surface area (Å²) in [6, 6.07) is 5.37. The molecule has 3 heterocycles. The summed E-state index contributed by atoms with van der Waals surface area (Å²) in [5.41, 5.74) is 3.74. The third-order valence-corrected chi connectivity index (χ3v) is 5.32. The number of hydrazone groups is 1. The van der Waals surface area contributed by atoms with Crippen molar-refractivity contribution in [2.45, 2.75) is 44.7 Å². The number of hydrogen-bond donors (Lipinski definition) is 1. The highest BCUT2D eigenvalue weighted by Gasteiger charge is 2.24. The monoisotopic (exact) mass is 400 g/mol. The van der Waals surface area contributed by atoms with Gasteiger partial charge in [0.15, 0.2) is 0 Å². The van der Waals surface area contributed by atoms with E-state index in [1.54, 1.807) is 0 Å². The van der Waals surface area contributed by atoms with Gasteiger partial charge in [0, 0.05) is 24.4 Å². The molecule has 4 rings (SSSR count). The lowest BCUT2D eigenvalue weighted by Gasteiger charge is -2.23. The summed E-state index contributed by atoms with van der Waals surface area (Å²) in [4.78, 5) is 8.82. The Hall–Kier alpha value is -2.58. The zero-order valence-electron chi connectivity index (χ0n) is 16.4. The predicted molar refractivity (Wildman–Crippen MR) is 109 cm³/mol. The fourth-order valence-electron chi connectivity index (χ4n) is 3.66. The maximum absolute atomic E-state index is 13.9. The number of alkyl halides is 1. The Balaban J connectivity index is 1.50. The first kappa shape index (κ1) is 19.7. The van der Waals surface area contributed by atoms with E-state index in [0.29, 0.717) is 37.7 Å². The van der Waals surface area contributed by atoms with Gasteiger partial charge in [-0.2, -0.15) is 5.10 Å². The molecule has 2 aromatic rings. The van der Waals surface area contributed by atoms with Gasteiger partial charge in [0.2, 0.25) is 0 Å². The van der Waals surface area contributed by atoms with Crippen LogP contribution in [0.25, 0.3) is 10.9 Å². The molecule has 0 saturated carbocycles. The van der Waals surface area contributed by atoms with E-state index < -0.39 is 18.3 Å². The van der Waals surface area contributed by atoms with E-state index in [2.05, 4.69) is 15.1 Å². The Labute approximate surface area is 168 Å². The summed E-state index contributed by atoms with van der Waals surface area (Å²) in [6.45, 7) is 3.71. The molecule has 8 heteroatoms. The Morgan fingerprint density at radius 2 is 2.28 bits per heavy atom. The maximum atomic E-state index is 13.9. The number of ether oxygens (including phenoxy) is 3. The smallest absolute Gasteiger partial charge is 0.146 e. The zero-order valence-corrected chi connectivity index (χ0v) is 16.4. The van der Waals surface area contributed by atoms with Crippen LogP contribution >= 0.6 is 0 Å². The van der Waals surface area contributed by atoms with Crippen LogP contribution < -0.4 is 10.6 Å². The van der Waals surface area contributed by atoms with E-state index in [1.165, 1.54) is 11.8 Å². The first-order chi connectivity index (χ1) is 14.2. The fourth-order valence-corrected chi connectivity index (χ4v) is 3.66. The van der Waals surface area contributed by atoms with Crippen molar-refractivity contribution in [1.29, 1.82) is 0 Å². The molecule has 1 aromatic heterocycles. The van der Waals surface area contributed by atoms with E-state index in [1.807, 2.05) is 31.3 Å². The SMILES string of the molecule is C[C@@H](Oc1ccc2ncc3c(c2c1)CCOC3)/C(C=N[C@@H]1CCOC[C@@H]1F)=N/N. The molecule has 0 bridgehead atoms. The first-order valence-corrected chi connectivity index (χ1v) is 9.83. The minimum absolute atomic E-state index is 0.0731. The number of aliphatic imine (C=N–C) groups is 1. The number of halogens is 1. The molecule has 1 saturated heterocycles. The lowest BCUT2D eigenvalue weighted by Crippen LogP contribution is -2.33. The molecule has 1 fully saturated rings. The number of hydrogen-bond acceptors (Lipinski definition) is 7. The number of aromatic nitrogens is 1. The van der Waals surface area contributed by atoms with Gasteiger partial charge in [-0.1, -0.05) is 0 Å². The Kier molecular flexibility index (Phi) is 6.01. The van der Waals surface area contributed by atoms with Crippen molar-refractivity contribution < 1.29 is 18.6 Å². The largest absolute Gasteiger partial charge is 0.484 e. The molecule has 3 atom stereocenters. The van der Waals surface area contributed by atoms with Gasteiger partial charge in [-0.3, -0.25) is 9.98 Å². The van der Waals surface area contributed by atoms with Crippen molar-refractivity contribution in [2.24, 2.45) is 15.9 Å². The quantitative estimate of drug-likeness (QED) is 0.473. The van der Waals surface area contributed by atoms with Gasteiger partial charge < -0.3 is 20.1 Å². The average molecular weight is 400 g/mol. The Morgan fingerprint density at radius 3 is 3.10 bits per heavy atom. The number of nitrogens with zero attached hydrogens (tertiary/aromatic N) is 3. The van der Waals surface area contributed by atoms with Crippen LogP contribution in [0.5, 0.6) is 5.75 Å². The van der Waals surface area contributed by atoms with E-state index in [4.69, 9.17) is 20.1 Å². The van der Waals surface area contributed by atoms with Gasteiger partial charge in [-0.25, -0.2) is 4.39 Å². The standard InChI is InChI=1S/C21H25FN4O3/c1-13(21(26-23)10-25-20-5-7-28-12-18(20)22)29-15-2-3-19-17(8-15)16-4-6-27-11-14(16)9-24-19/h2-3,8-10,13,18,20H,4-7,11-12,23H2,1H3/b25-10?,26-21+/t13-,18+,20-/m1/s1. The van der Waals surface area contributed by atoms with Crippen LogP contribution in [0.1, 0.15) is 24.5 Å². The number of rotatable bonds is 5. The van der Waals surface area contributed by atoms with Crippen molar-refractivity contribution in [3.05, 3.63) is 35.5 Å². The maximum Gasteiger partial charge on any atom is 0.146 e. The van der Waals surface area contributed by atoms with Crippen molar-refractivity contribution in [3.8, 4) is 5.75 Å². The molecule has 0 amide bonds. The van der Waals surface area contributed by atoms with Crippen LogP contribution in [0.4, 0.5) is 4.39 Å². The molecule has 0 radical (unpaired) electrons. The van der Waals surface area contributed by atoms with Crippen LogP contribution in [0.15, 0.2) is 34.5 Å². The van der Waals surface area contributed by atoms with Crippen molar-refractivity contribution in [3.63, 3.8) is 0 Å². The van der Waals surface area contributed by atoms with Gasteiger partial charge in [0.05, 0.1) is 31.4 Å². The van der Waals surface area contributed by atoms with Crippen LogP contribution in [-0.4, -0.2) is 55.0 Å². The summed E-state index contributed by atoms with van der Waals surface area (Å²) < 4.78 is 30.6. The lowest BCUT2D eigenvalue weighted by molar-refractivity contribution is 0.0246. The molecule has 0 spiro atoms. The van der Waals surface area contributed by atoms with Crippen molar-refractivity contribution >= 4 is 22.8 Å². The molecule has 2 aliphatic rings.